The fourth-order valence-corrected chi connectivity index (χ4v) is 2.38. The first-order valence-corrected chi connectivity index (χ1v) is 8.61. The Balaban J connectivity index is 1.94. The monoisotopic (exact) mass is 354 g/mol. The van der Waals surface area contributed by atoms with Gasteiger partial charge in [0.15, 0.2) is 6.10 Å². The number of carbonyl (C=O) groups is 2. The molecule has 2 rings (SSSR count). The summed E-state index contributed by atoms with van der Waals surface area (Å²) < 4.78 is 5.66. The van der Waals surface area contributed by atoms with Crippen molar-refractivity contribution in [2.45, 2.75) is 46.1 Å². The van der Waals surface area contributed by atoms with Gasteiger partial charge in [-0.15, -0.1) is 0 Å². The molecule has 0 bridgehead atoms. The third-order valence-corrected chi connectivity index (χ3v) is 3.88. The number of hydrogen-bond donors (Lipinski definition) is 2. The van der Waals surface area contributed by atoms with Gasteiger partial charge in [0, 0.05) is 18.3 Å². The second kappa shape index (κ2) is 8.04. The van der Waals surface area contributed by atoms with E-state index in [-0.39, 0.29) is 17.2 Å². The van der Waals surface area contributed by atoms with E-state index >= 15 is 0 Å². The molecular weight excluding hydrogens is 328 g/mol. The summed E-state index contributed by atoms with van der Waals surface area (Å²) in [7, 11) is 0. The summed E-state index contributed by atoms with van der Waals surface area (Å²) in [5.41, 5.74) is 2.70. The van der Waals surface area contributed by atoms with Crippen LogP contribution in [0.2, 0.25) is 0 Å². The number of ether oxygens (including phenoxy) is 1. The van der Waals surface area contributed by atoms with Gasteiger partial charge in [-0.25, -0.2) is 0 Å². The Bertz CT molecular complexity index is 759. The molecule has 0 heterocycles. The molecule has 0 saturated heterocycles. The van der Waals surface area contributed by atoms with Crippen LogP contribution in [-0.4, -0.2) is 17.9 Å². The number of anilines is 2. The standard InChI is InChI=1S/C21H26N2O3/c1-14(26-19-12-10-17(11-13-19)22-15(2)24)20(25)23-18-8-6-16(7-9-18)21(3,4)5/h6-14H,1-5H3,(H,22,24)(H,23,25). The Kier molecular flexibility index (Phi) is 6.03. The van der Waals surface area contributed by atoms with Crippen molar-refractivity contribution in [2.24, 2.45) is 0 Å². The zero-order valence-corrected chi connectivity index (χ0v) is 15.9. The van der Waals surface area contributed by atoms with Crippen molar-refractivity contribution in [1.29, 1.82) is 0 Å². The zero-order valence-electron chi connectivity index (χ0n) is 15.9. The number of amides is 2. The molecule has 5 nitrogen and oxygen atoms in total. The van der Waals surface area contributed by atoms with E-state index in [4.69, 9.17) is 4.74 Å². The van der Waals surface area contributed by atoms with Crippen molar-refractivity contribution in [3.63, 3.8) is 0 Å². The predicted molar refractivity (Wildman–Crippen MR) is 105 cm³/mol. The van der Waals surface area contributed by atoms with Gasteiger partial charge in [0.1, 0.15) is 5.75 Å². The minimum Gasteiger partial charge on any atom is -0.481 e. The van der Waals surface area contributed by atoms with Crippen LogP contribution in [0, 0.1) is 0 Å². The van der Waals surface area contributed by atoms with Crippen molar-refractivity contribution in [3.8, 4) is 5.75 Å². The van der Waals surface area contributed by atoms with Gasteiger partial charge >= 0.3 is 0 Å². The van der Waals surface area contributed by atoms with Gasteiger partial charge in [-0.2, -0.15) is 0 Å². The highest BCUT2D eigenvalue weighted by molar-refractivity contribution is 5.94. The highest BCUT2D eigenvalue weighted by Gasteiger charge is 2.16. The Morgan fingerprint density at radius 3 is 1.88 bits per heavy atom. The summed E-state index contributed by atoms with van der Waals surface area (Å²) in [6.45, 7) is 9.58. The molecule has 0 aromatic heterocycles. The van der Waals surface area contributed by atoms with Crippen LogP contribution in [0.3, 0.4) is 0 Å². The molecule has 1 unspecified atom stereocenters. The number of rotatable bonds is 5. The van der Waals surface area contributed by atoms with Crippen LogP contribution in [0.15, 0.2) is 48.5 Å². The molecule has 0 fully saturated rings. The topological polar surface area (TPSA) is 67.4 Å². The lowest BCUT2D eigenvalue weighted by molar-refractivity contribution is -0.122. The quantitative estimate of drug-likeness (QED) is 0.839. The van der Waals surface area contributed by atoms with Crippen LogP contribution in [0.1, 0.15) is 40.2 Å². The van der Waals surface area contributed by atoms with E-state index in [2.05, 4.69) is 31.4 Å². The van der Waals surface area contributed by atoms with Crippen molar-refractivity contribution < 1.29 is 14.3 Å². The molecule has 2 N–H and O–H groups in total. The van der Waals surface area contributed by atoms with E-state index < -0.39 is 6.10 Å². The first-order valence-electron chi connectivity index (χ1n) is 8.61. The zero-order chi connectivity index (χ0) is 19.3. The smallest absolute Gasteiger partial charge is 0.265 e. The van der Waals surface area contributed by atoms with Crippen molar-refractivity contribution in [1.82, 2.24) is 0 Å². The van der Waals surface area contributed by atoms with Gasteiger partial charge in [0.05, 0.1) is 0 Å². The maximum Gasteiger partial charge on any atom is 0.265 e. The first kappa shape index (κ1) is 19.5. The van der Waals surface area contributed by atoms with Crippen molar-refractivity contribution in [2.75, 3.05) is 10.6 Å². The minimum absolute atomic E-state index is 0.0718. The summed E-state index contributed by atoms with van der Waals surface area (Å²) in [5, 5.41) is 5.54. The average molecular weight is 354 g/mol. The summed E-state index contributed by atoms with van der Waals surface area (Å²) in [4.78, 5) is 23.3. The molecule has 0 saturated carbocycles. The summed E-state index contributed by atoms with van der Waals surface area (Å²) >= 11 is 0. The van der Waals surface area contributed by atoms with Gasteiger partial charge in [-0.1, -0.05) is 32.9 Å². The van der Waals surface area contributed by atoms with Crippen LogP contribution >= 0.6 is 0 Å². The van der Waals surface area contributed by atoms with E-state index in [0.717, 1.165) is 5.69 Å². The summed E-state index contributed by atoms with van der Waals surface area (Å²) in [5.74, 6) is 0.202. The molecule has 138 valence electrons. The predicted octanol–water partition coefficient (Wildman–Crippen LogP) is 4.35. The lowest BCUT2D eigenvalue weighted by Crippen LogP contribution is -2.30. The van der Waals surface area contributed by atoms with E-state index in [9.17, 15) is 9.59 Å². The second-order valence-electron chi connectivity index (χ2n) is 7.28. The summed E-state index contributed by atoms with van der Waals surface area (Å²) in [6.07, 6.45) is -0.649. The van der Waals surface area contributed by atoms with E-state index in [1.165, 1.54) is 12.5 Å². The molecule has 2 aromatic rings. The number of benzene rings is 2. The maximum atomic E-state index is 12.3. The van der Waals surface area contributed by atoms with Gasteiger partial charge in [-0.05, 0) is 54.3 Å². The van der Waals surface area contributed by atoms with Crippen LogP contribution in [0.5, 0.6) is 5.75 Å². The van der Waals surface area contributed by atoms with Crippen molar-refractivity contribution in [3.05, 3.63) is 54.1 Å². The average Bonchev–Trinajstić information content (AvgIpc) is 2.55. The summed E-state index contributed by atoms with van der Waals surface area (Å²) in [6, 6.07) is 14.7. The van der Waals surface area contributed by atoms with Gasteiger partial charge in [0.2, 0.25) is 5.91 Å². The first-order chi connectivity index (χ1) is 12.1. The van der Waals surface area contributed by atoms with Crippen LogP contribution in [0.4, 0.5) is 11.4 Å². The van der Waals surface area contributed by atoms with Crippen LogP contribution < -0.4 is 15.4 Å². The van der Waals surface area contributed by atoms with E-state index in [0.29, 0.717) is 11.4 Å². The van der Waals surface area contributed by atoms with Gasteiger partial charge < -0.3 is 15.4 Å². The van der Waals surface area contributed by atoms with Gasteiger partial charge in [0.25, 0.3) is 5.91 Å². The maximum absolute atomic E-state index is 12.3. The minimum atomic E-state index is -0.649. The Hall–Kier alpha value is -2.82. The highest BCUT2D eigenvalue weighted by Crippen LogP contribution is 2.23. The molecule has 2 aromatic carbocycles. The second-order valence-corrected chi connectivity index (χ2v) is 7.28. The normalized spacial score (nSPS) is 12.2. The largest absolute Gasteiger partial charge is 0.481 e. The lowest BCUT2D eigenvalue weighted by atomic mass is 9.87. The molecule has 5 heteroatoms. The molecule has 1 atom stereocenters. The van der Waals surface area contributed by atoms with Crippen molar-refractivity contribution >= 4 is 23.2 Å². The molecule has 0 radical (unpaired) electrons. The van der Waals surface area contributed by atoms with E-state index in [1.54, 1.807) is 31.2 Å². The SMILES string of the molecule is CC(=O)Nc1ccc(OC(C)C(=O)Nc2ccc(C(C)(C)C)cc2)cc1. The molecule has 0 aliphatic heterocycles. The fourth-order valence-electron chi connectivity index (χ4n) is 2.38. The molecule has 2 amide bonds. The molecule has 26 heavy (non-hydrogen) atoms. The lowest BCUT2D eigenvalue weighted by Gasteiger charge is -2.19. The third kappa shape index (κ3) is 5.62. The molecule has 0 aliphatic carbocycles. The Labute approximate surface area is 154 Å². The Morgan fingerprint density at radius 1 is 0.885 bits per heavy atom. The number of nitrogens with one attached hydrogen (secondary N) is 2. The Morgan fingerprint density at radius 2 is 1.38 bits per heavy atom. The fraction of sp³-hybridized carbons (Fsp3) is 0.333. The van der Waals surface area contributed by atoms with Gasteiger partial charge in [-0.3, -0.25) is 9.59 Å². The number of hydrogen-bond acceptors (Lipinski definition) is 3. The van der Waals surface area contributed by atoms with E-state index in [1.807, 2.05) is 24.3 Å². The number of carbonyl (C=O) groups excluding carboxylic acids is 2. The molecule has 0 aliphatic rings. The molecular formula is C21H26N2O3. The third-order valence-electron chi connectivity index (χ3n) is 3.88. The van der Waals surface area contributed by atoms with Crippen LogP contribution in [0.25, 0.3) is 0 Å². The molecule has 0 spiro atoms. The van der Waals surface area contributed by atoms with Crippen LogP contribution in [-0.2, 0) is 15.0 Å². The highest BCUT2D eigenvalue weighted by atomic mass is 16.5.